The number of amides is 1. The summed E-state index contributed by atoms with van der Waals surface area (Å²) in [5.41, 5.74) is 4.29. The molecular formula is C24H21N3O3S2. The molecule has 162 valence electrons. The van der Waals surface area contributed by atoms with E-state index in [2.05, 4.69) is 22.7 Å². The SMILES string of the molecule is Cc1ccc2nc(-c3ccc(NS(=O)(=O)c4ccc(N5CCCC5=O)cc4)cc3)sc2c1. The molecular weight excluding hydrogens is 442 g/mol. The Labute approximate surface area is 190 Å². The largest absolute Gasteiger partial charge is 0.312 e. The molecule has 3 aromatic carbocycles. The second-order valence-electron chi connectivity index (χ2n) is 7.82. The van der Waals surface area contributed by atoms with Crippen LogP contribution in [0, 0.1) is 6.92 Å². The molecule has 0 spiro atoms. The number of hydrogen-bond acceptors (Lipinski definition) is 5. The van der Waals surface area contributed by atoms with Crippen molar-refractivity contribution in [2.75, 3.05) is 16.2 Å². The summed E-state index contributed by atoms with van der Waals surface area (Å²) in [5.74, 6) is 0.0714. The van der Waals surface area contributed by atoms with Crippen LogP contribution in [0.2, 0.25) is 0 Å². The van der Waals surface area contributed by atoms with Crippen molar-refractivity contribution in [2.24, 2.45) is 0 Å². The fourth-order valence-electron chi connectivity index (χ4n) is 3.78. The van der Waals surface area contributed by atoms with Crippen LogP contribution in [-0.4, -0.2) is 25.9 Å². The fourth-order valence-corrected chi connectivity index (χ4v) is 5.90. The first-order valence-corrected chi connectivity index (χ1v) is 12.6. The molecule has 0 saturated carbocycles. The Bertz CT molecular complexity index is 1410. The van der Waals surface area contributed by atoms with Crippen LogP contribution in [-0.2, 0) is 14.8 Å². The van der Waals surface area contributed by atoms with Crippen molar-refractivity contribution in [3.8, 4) is 10.6 Å². The van der Waals surface area contributed by atoms with E-state index in [1.165, 1.54) is 17.7 Å². The van der Waals surface area contributed by atoms with Gasteiger partial charge in [-0.2, -0.15) is 0 Å². The van der Waals surface area contributed by atoms with Gasteiger partial charge in [-0.25, -0.2) is 13.4 Å². The van der Waals surface area contributed by atoms with Gasteiger partial charge >= 0.3 is 0 Å². The maximum atomic E-state index is 12.8. The second kappa shape index (κ2) is 8.03. The van der Waals surface area contributed by atoms with E-state index < -0.39 is 10.0 Å². The molecule has 0 aliphatic carbocycles. The molecule has 1 aliphatic heterocycles. The molecule has 32 heavy (non-hydrogen) atoms. The Morgan fingerprint density at radius 3 is 2.44 bits per heavy atom. The monoisotopic (exact) mass is 463 g/mol. The molecule has 4 aromatic rings. The van der Waals surface area contributed by atoms with Crippen molar-refractivity contribution in [1.82, 2.24) is 4.98 Å². The Hall–Kier alpha value is -3.23. The molecule has 8 heteroatoms. The molecule has 6 nitrogen and oxygen atoms in total. The van der Waals surface area contributed by atoms with Gasteiger partial charge in [-0.3, -0.25) is 9.52 Å². The lowest BCUT2D eigenvalue weighted by Crippen LogP contribution is -2.23. The van der Waals surface area contributed by atoms with E-state index in [1.807, 2.05) is 24.3 Å². The second-order valence-corrected chi connectivity index (χ2v) is 10.5. The predicted molar refractivity (Wildman–Crippen MR) is 129 cm³/mol. The number of aryl methyl sites for hydroxylation is 1. The average Bonchev–Trinajstić information content (AvgIpc) is 3.40. The van der Waals surface area contributed by atoms with E-state index in [0.29, 0.717) is 18.7 Å². The smallest absolute Gasteiger partial charge is 0.261 e. The van der Waals surface area contributed by atoms with Gasteiger partial charge in [0.2, 0.25) is 5.91 Å². The van der Waals surface area contributed by atoms with Crippen molar-refractivity contribution in [3.63, 3.8) is 0 Å². The number of nitrogens with zero attached hydrogens (tertiary/aromatic N) is 2. The summed E-state index contributed by atoms with van der Waals surface area (Å²) in [6.45, 7) is 2.73. The van der Waals surface area contributed by atoms with Crippen molar-refractivity contribution in [3.05, 3.63) is 72.3 Å². The summed E-state index contributed by atoms with van der Waals surface area (Å²) < 4.78 is 29.3. The van der Waals surface area contributed by atoms with Gasteiger partial charge in [-0.15, -0.1) is 11.3 Å². The van der Waals surface area contributed by atoms with Gasteiger partial charge in [0.1, 0.15) is 5.01 Å². The third kappa shape index (κ3) is 3.99. The summed E-state index contributed by atoms with van der Waals surface area (Å²) in [5, 5.41) is 0.895. The maximum Gasteiger partial charge on any atom is 0.261 e. The zero-order chi connectivity index (χ0) is 22.3. The quantitative estimate of drug-likeness (QED) is 0.441. The first-order chi connectivity index (χ1) is 15.4. The Morgan fingerprint density at radius 1 is 1.00 bits per heavy atom. The number of carbonyl (C=O) groups is 1. The molecule has 0 bridgehead atoms. The lowest BCUT2D eigenvalue weighted by atomic mass is 10.2. The normalized spacial score (nSPS) is 14.3. The molecule has 1 aliphatic rings. The van der Waals surface area contributed by atoms with Gasteiger partial charge in [0.05, 0.1) is 15.1 Å². The van der Waals surface area contributed by atoms with Gasteiger partial charge in [0.15, 0.2) is 0 Å². The van der Waals surface area contributed by atoms with Crippen molar-refractivity contribution in [1.29, 1.82) is 0 Å². The highest BCUT2D eigenvalue weighted by atomic mass is 32.2. The highest BCUT2D eigenvalue weighted by molar-refractivity contribution is 7.92. The first kappa shape index (κ1) is 20.7. The summed E-state index contributed by atoms with van der Waals surface area (Å²) >= 11 is 1.61. The maximum absolute atomic E-state index is 12.8. The number of carbonyl (C=O) groups excluding carboxylic acids is 1. The highest BCUT2D eigenvalue weighted by Crippen LogP contribution is 2.31. The third-order valence-corrected chi connectivity index (χ3v) is 7.92. The van der Waals surface area contributed by atoms with Crippen molar-refractivity contribution >= 4 is 48.9 Å². The minimum absolute atomic E-state index is 0.0714. The Kier molecular flexibility index (Phi) is 5.19. The zero-order valence-corrected chi connectivity index (χ0v) is 19.0. The van der Waals surface area contributed by atoms with Crippen molar-refractivity contribution in [2.45, 2.75) is 24.7 Å². The number of fused-ring (bicyclic) bond motifs is 1. The number of benzene rings is 3. The van der Waals surface area contributed by atoms with E-state index in [-0.39, 0.29) is 10.8 Å². The van der Waals surface area contributed by atoms with Gasteiger partial charge in [-0.1, -0.05) is 6.07 Å². The Morgan fingerprint density at radius 2 is 1.75 bits per heavy atom. The Balaban J connectivity index is 1.33. The summed E-state index contributed by atoms with van der Waals surface area (Å²) in [7, 11) is -3.74. The molecule has 0 radical (unpaired) electrons. The van der Waals surface area contributed by atoms with Crippen LogP contribution in [0.15, 0.2) is 71.6 Å². The van der Waals surface area contributed by atoms with E-state index in [4.69, 9.17) is 0 Å². The van der Waals surface area contributed by atoms with Crippen LogP contribution in [0.5, 0.6) is 0 Å². The fraction of sp³-hybridized carbons (Fsp3) is 0.167. The summed E-state index contributed by atoms with van der Waals surface area (Å²) in [4.78, 5) is 18.4. The number of nitrogens with one attached hydrogen (secondary N) is 1. The predicted octanol–water partition coefficient (Wildman–Crippen LogP) is 5.20. The number of thiazole rings is 1. The van der Waals surface area contributed by atoms with Crippen LogP contribution in [0.1, 0.15) is 18.4 Å². The van der Waals surface area contributed by atoms with Crippen molar-refractivity contribution < 1.29 is 13.2 Å². The first-order valence-electron chi connectivity index (χ1n) is 10.3. The molecule has 0 unspecified atom stereocenters. The lowest BCUT2D eigenvalue weighted by molar-refractivity contribution is -0.117. The molecule has 5 rings (SSSR count). The van der Waals surface area contributed by atoms with Crippen LogP contribution in [0.4, 0.5) is 11.4 Å². The number of hydrogen-bond donors (Lipinski definition) is 1. The molecule has 1 amide bonds. The summed E-state index contributed by atoms with van der Waals surface area (Å²) in [6, 6.07) is 19.8. The average molecular weight is 464 g/mol. The van der Waals surface area contributed by atoms with Gasteiger partial charge < -0.3 is 4.90 Å². The number of aromatic nitrogens is 1. The van der Waals surface area contributed by atoms with Gasteiger partial charge in [0, 0.05) is 29.9 Å². The van der Waals surface area contributed by atoms with Crippen LogP contribution in [0.25, 0.3) is 20.8 Å². The van der Waals surface area contributed by atoms with E-state index in [9.17, 15) is 13.2 Å². The minimum Gasteiger partial charge on any atom is -0.312 e. The molecule has 0 atom stereocenters. The third-order valence-electron chi connectivity index (χ3n) is 5.46. The van der Waals surface area contributed by atoms with Gasteiger partial charge in [0.25, 0.3) is 10.0 Å². The molecule has 1 fully saturated rings. The number of anilines is 2. The van der Waals surface area contributed by atoms with E-state index in [1.54, 1.807) is 40.5 Å². The van der Waals surface area contributed by atoms with Crippen LogP contribution >= 0.6 is 11.3 Å². The highest BCUT2D eigenvalue weighted by Gasteiger charge is 2.22. The lowest BCUT2D eigenvalue weighted by Gasteiger charge is -2.16. The molecule has 1 aromatic heterocycles. The molecule has 2 heterocycles. The topological polar surface area (TPSA) is 79.4 Å². The minimum atomic E-state index is -3.74. The zero-order valence-electron chi connectivity index (χ0n) is 17.4. The molecule has 1 N–H and O–H groups in total. The number of rotatable bonds is 5. The van der Waals surface area contributed by atoms with Gasteiger partial charge in [-0.05, 0) is 79.6 Å². The van der Waals surface area contributed by atoms with E-state index >= 15 is 0 Å². The van der Waals surface area contributed by atoms with Crippen LogP contribution < -0.4 is 9.62 Å². The number of sulfonamides is 1. The molecule has 1 saturated heterocycles. The van der Waals surface area contributed by atoms with E-state index in [0.717, 1.165) is 32.9 Å². The van der Waals surface area contributed by atoms with Crippen LogP contribution in [0.3, 0.4) is 0 Å². The standard InChI is InChI=1S/C24H21N3O3S2/c1-16-4-13-21-22(15-16)31-24(25-21)17-5-7-18(8-6-17)26-32(29,30)20-11-9-19(10-12-20)27-14-2-3-23(27)28/h4-13,15,26H,2-3,14H2,1H3. The summed E-state index contributed by atoms with van der Waals surface area (Å²) in [6.07, 6.45) is 1.36.